The quantitative estimate of drug-likeness (QED) is 0.479. The van der Waals surface area contributed by atoms with Crippen LogP contribution in [0.5, 0.6) is 0 Å². The van der Waals surface area contributed by atoms with Gasteiger partial charge in [0.2, 0.25) is 0 Å². The zero-order valence-corrected chi connectivity index (χ0v) is 5.83. The minimum absolute atomic E-state index is 1.33. The maximum atomic E-state index is 2.26. The highest BCUT2D eigenvalue weighted by Gasteiger charge is 2.10. The molecule has 1 aliphatic rings. The van der Waals surface area contributed by atoms with Gasteiger partial charge in [0, 0.05) is 0 Å². The van der Waals surface area contributed by atoms with Gasteiger partial charge in [-0.25, -0.2) is 0 Å². The van der Waals surface area contributed by atoms with E-state index in [1.165, 1.54) is 25.7 Å². The molecule has 0 fully saturated rings. The Morgan fingerprint density at radius 2 is 2.12 bits per heavy atom. The van der Waals surface area contributed by atoms with E-state index in [0.29, 0.717) is 0 Å². The van der Waals surface area contributed by atoms with Crippen molar-refractivity contribution >= 4 is 0 Å². The van der Waals surface area contributed by atoms with Crippen LogP contribution in [0.2, 0.25) is 0 Å². The zero-order chi connectivity index (χ0) is 5.98. The van der Waals surface area contributed by atoms with Gasteiger partial charge in [-0.3, -0.25) is 0 Å². The molecule has 0 heterocycles. The van der Waals surface area contributed by atoms with Crippen molar-refractivity contribution in [3.05, 3.63) is 11.1 Å². The van der Waals surface area contributed by atoms with Crippen molar-refractivity contribution in [3.63, 3.8) is 0 Å². The van der Waals surface area contributed by atoms with E-state index in [2.05, 4.69) is 13.8 Å². The molecule has 0 bridgehead atoms. The lowest BCUT2D eigenvalue weighted by Gasteiger charge is -2.19. The summed E-state index contributed by atoms with van der Waals surface area (Å²) in [4.78, 5) is 0. The van der Waals surface area contributed by atoms with Crippen molar-refractivity contribution in [2.45, 2.75) is 39.5 Å². The molecule has 0 atom stereocenters. The lowest BCUT2D eigenvalue weighted by atomic mass is 9.87. The molecular weight excluding hydrogens is 96.1 g/mol. The Kier molecular flexibility index (Phi) is 1.72. The fraction of sp³-hybridized carbons (Fsp3) is 0.750. The lowest BCUT2D eigenvalue weighted by Crippen LogP contribution is -1.99. The number of allylic oxidation sites excluding steroid dienone is 2. The van der Waals surface area contributed by atoms with Crippen LogP contribution in [0.3, 0.4) is 0 Å². The number of hydrogen-bond donors (Lipinski definition) is 0. The van der Waals surface area contributed by atoms with Gasteiger partial charge in [-0.05, 0) is 26.2 Å². The summed E-state index contributed by atoms with van der Waals surface area (Å²) in [6.45, 7) is 4.51. The molecule has 8 heavy (non-hydrogen) atoms. The second-order valence-electron chi connectivity index (χ2n) is 2.63. The van der Waals surface area contributed by atoms with Gasteiger partial charge in [0.1, 0.15) is 0 Å². The van der Waals surface area contributed by atoms with Crippen LogP contribution in [0.1, 0.15) is 39.5 Å². The third-order valence-corrected chi connectivity index (χ3v) is 1.96. The first kappa shape index (κ1) is 5.87. The topological polar surface area (TPSA) is 0 Å². The van der Waals surface area contributed by atoms with Crippen molar-refractivity contribution in [3.8, 4) is 0 Å². The third-order valence-electron chi connectivity index (χ3n) is 1.96. The van der Waals surface area contributed by atoms with Gasteiger partial charge in [-0.15, -0.1) is 0 Å². The monoisotopic (exact) mass is 110 g/mol. The molecule has 0 nitrogen and oxygen atoms in total. The molecule has 0 spiro atoms. The molecule has 0 saturated heterocycles. The van der Waals surface area contributed by atoms with Crippen molar-refractivity contribution in [2.75, 3.05) is 0 Å². The van der Waals surface area contributed by atoms with Gasteiger partial charge in [0.25, 0.3) is 0 Å². The predicted molar refractivity (Wildman–Crippen MR) is 36.8 cm³/mol. The summed E-state index contributed by atoms with van der Waals surface area (Å²) in [5, 5.41) is 0. The maximum Gasteiger partial charge on any atom is -0.0280 e. The Morgan fingerprint density at radius 1 is 1.38 bits per heavy atom. The van der Waals surface area contributed by atoms with E-state index in [1.807, 2.05) is 0 Å². The molecular formula is C8H14. The molecule has 0 unspecified atom stereocenters. The summed E-state index contributed by atoms with van der Waals surface area (Å²) in [5.74, 6) is 0. The van der Waals surface area contributed by atoms with Crippen LogP contribution in [-0.2, 0) is 0 Å². The molecule has 0 amide bonds. The summed E-state index contributed by atoms with van der Waals surface area (Å²) >= 11 is 0. The van der Waals surface area contributed by atoms with Gasteiger partial charge in [0.05, 0.1) is 0 Å². The SMILES string of the molecule is CCCC1=C(C)CC1. The first-order valence-electron chi connectivity index (χ1n) is 3.52. The molecule has 0 aromatic rings. The smallest absolute Gasteiger partial charge is 0.0280 e. The molecule has 0 heteroatoms. The van der Waals surface area contributed by atoms with Crippen LogP contribution < -0.4 is 0 Å². The molecule has 46 valence electrons. The van der Waals surface area contributed by atoms with Crippen LogP contribution in [0.4, 0.5) is 0 Å². The van der Waals surface area contributed by atoms with Crippen molar-refractivity contribution in [2.24, 2.45) is 0 Å². The molecule has 1 aliphatic carbocycles. The predicted octanol–water partition coefficient (Wildman–Crippen LogP) is 2.90. The summed E-state index contributed by atoms with van der Waals surface area (Å²) in [6.07, 6.45) is 5.44. The van der Waals surface area contributed by atoms with E-state index in [4.69, 9.17) is 0 Å². The summed E-state index contributed by atoms with van der Waals surface area (Å²) in [7, 11) is 0. The Bertz CT molecular complexity index is 109. The standard InChI is InChI=1S/C8H14/c1-3-4-8-6-5-7(8)2/h3-6H2,1-2H3. The van der Waals surface area contributed by atoms with Gasteiger partial charge < -0.3 is 0 Å². The summed E-state index contributed by atoms with van der Waals surface area (Å²) in [6, 6.07) is 0. The molecule has 0 aromatic carbocycles. The van der Waals surface area contributed by atoms with Crippen molar-refractivity contribution < 1.29 is 0 Å². The van der Waals surface area contributed by atoms with Crippen LogP contribution in [0.25, 0.3) is 0 Å². The first-order chi connectivity index (χ1) is 3.84. The highest BCUT2D eigenvalue weighted by Crippen LogP contribution is 2.30. The fourth-order valence-electron chi connectivity index (χ4n) is 1.19. The molecule has 0 radical (unpaired) electrons. The van der Waals surface area contributed by atoms with Crippen LogP contribution in [0, 0.1) is 0 Å². The van der Waals surface area contributed by atoms with Gasteiger partial charge in [-0.1, -0.05) is 24.5 Å². The van der Waals surface area contributed by atoms with Gasteiger partial charge >= 0.3 is 0 Å². The van der Waals surface area contributed by atoms with E-state index >= 15 is 0 Å². The van der Waals surface area contributed by atoms with E-state index in [9.17, 15) is 0 Å². The van der Waals surface area contributed by atoms with E-state index < -0.39 is 0 Å². The Morgan fingerprint density at radius 3 is 2.25 bits per heavy atom. The van der Waals surface area contributed by atoms with E-state index in [0.717, 1.165) is 0 Å². The Balaban J connectivity index is 2.35. The highest BCUT2D eigenvalue weighted by atomic mass is 14.2. The average Bonchev–Trinajstić information content (AvgIpc) is 1.79. The summed E-state index contributed by atoms with van der Waals surface area (Å²) < 4.78 is 0. The first-order valence-corrected chi connectivity index (χ1v) is 3.52. The van der Waals surface area contributed by atoms with Crippen LogP contribution in [-0.4, -0.2) is 0 Å². The van der Waals surface area contributed by atoms with E-state index in [-0.39, 0.29) is 0 Å². The van der Waals surface area contributed by atoms with Crippen molar-refractivity contribution in [1.82, 2.24) is 0 Å². The van der Waals surface area contributed by atoms with Crippen molar-refractivity contribution in [1.29, 1.82) is 0 Å². The number of hydrogen-bond acceptors (Lipinski definition) is 0. The summed E-state index contributed by atoms with van der Waals surface area (Å²) in [5.41, 5.74) is 3.39. The molecule has 0 saturated carbocycles. The molecule has 0 N–H and O–H groups in total. The van der Waals surface area contributed by atoms with Crippen LogP contribution >= 0.6 is 0 Å². The van der Waals surface area contributed by atoms with Gasteiger partial charge in [0.15, 0.2) is 0 Å². The maximum absolute atomic E-state index is 2.26. The second kappa shape index (κ2) is 2.34. The fourth-order valence-corrected chi connectivity index (χ4v) is 1.19. The Labute approximate surface area is 51.6 Å². The zero-order valence-electron chi connectivity index (χ0n) is 5.83. The van der Waals surface area contributed by atoms with Gasteiger partial charge in [-0.2, -0.15) is 0 Å². The minimum atomic E-state index is 1.33. The van der Waals surface area contributed by atoms with Crippen LogP contribution in [0.15, 0.2) is 11.1 Å². The third kappa shape index (κ3) is 0.936. The number of rotatable bonds is 2. The minimum Gasteiger partial charge on any atom is -0.0738 e. The largest absolute Gasteiger partial charge is 0.0738 e. The molecule has 0 aromatic heterocycles. The second-order valence-corrected chi connectivity index (χ2v) is 2.63. The normalized spacial score (nSPS) is 18.8. The Hall–Kier alpha value is -0.260. The molecule has 1 rings (SSSR count). The molecule has 0 aliphatic heterocycles. The lowest BCUT2D eigenvalue weighted by molar-refractivity contribution is 0.718. The van der Waals surface area contributed by atoms with E-state index in [1.54, 1.807) is 11.1 Å². The highest BCUT2D eigenvalue weighted by molar-refractivity contribution is 5.21. The average molecular weight is 110 g/mol.